The van der Waals surface area contributed by atoms with Crippen LogP contribution in [-0.2, 0) is 9.53 Å². The minimum atomic E-state index is -0.498. The minimum Gasteiger partial charge on any atom is -0.449 e. The fraction of sp³-hybridized carbons (Fsp3) is 0.889. The molecule has 0 spiro atoms. The zero-order valence-electron chi connectivity index (χ0n) is 8.40. The Morgan fingerprint density at radius 2 is 1.67 bits per heavy atom. The van der Waals surface area contributed by atoms with Crippen LogP contribution in [0, 0.1) is 10.8 Å². The lowest BCUT2D eigenvalue weighted by Gasteiger charge is -2.35. The van der Waals surface area contributed by atoms with Crippen molar-refractivity contribution in [2.24, 2.45) is 10.8 Å². The predicted molar refractivity (Wildman–Crippen MR) is 50.0 cm³/mol. The van der Waals surface area contributed by atoms with Crippen LogP contribution in [0.15, 0.2) is 0 Å². The first-order valence-electron chi connectivity index (χ1n) is 3.96. The Morgan fingerprint density at radius 3 is 1.92 bits per heavy atom. The third-order valence-corrected chi connectivity index (χ3v) is 2.68. The van der Waals surface area contributed by atoms with E-state index in [1.54, 1.807) is 0 Å². The van der Waals surface area contributed by atoms with Gasteiger partial charge < -0.3 is 4.74 Å². The molecule has 0 aromatic heterocycles. The molecule has 0 unspecified atom stereocenters. The van der Waals surface area contributed by atoms with Crippen LogP contribution in [0.1, 0.15) is 34.6 Å². The van der Waals surface area contributed by atoms with Crippen molar-refractivity contribution < 1.29 is 9.53 Å². The molecule has 0 heterocycles. The van der Waals surface area contributed by atoms with Gasteiger partial charge in [-0.05, 0) is 19.3 Å². The molecule has 0 aromatic rings. The first-order chi connectivity index (χ1) is 5.23. The first-order valence-corrected chi connectivity index (χ1v) is 4.50. The normalized spacial score (nSPS) is 12.8. The van der Waals surface area contributed by atoms with Crippen LogP contribution in [0.25, 0.3) is 0 Å². The molecule has 0 saturated heterocycles. The number of esters is 1. The molecule has 0 fully saturated rings. The lowest BCUT2D eigenvalue weighted by molar-refractivity contribution is -0.158. The third kappa shape index (κ3) is 2.37. The molecule has 0 aliphatic heterocycles. The van der Waals surface area contributed by atoms with E-state index in [0.29, 0.717) is 0 Å². The SMILES string of the molecule is CC(C)(C)C(C)(C)C(=O)OCCl. The van der Waals surface area contributed by atoms with Crippen LogP contribution in [0.2, 0.25) is 0 Å². The molecule has 0 radical (unpaired) electrons. The average molecular weight is 193 g/mol. The van der Waals surface area contributed by atoms with Gasteiger partial charge in [-0.1, -0.05) is 32.4 Å². The van der Waals surface area contributed by atoms with E-state index in [2.05, 4.69) is 0 Å². The zero-order chi connectivity index (χ0) is 9.99. The number of hydrogen-bond acceptors (Lipinski definition) is 2. The largest absolute Gasteiger partial charge is 0.449 e. The van der Waals surface area contributed by atoms with Gasteiger partial charge in [0.25, 0.3) is 0 Å². The van der Waals surface area contributed by atoms with Crippen molar-refractivity contribution in [3.8, 4) is 0 Å². The molecule has 3 heteroatoms. The quantitative estimate of drug-likeness (QED) is 0.497. The maximum absolute atomic E-state index is 11.4. The highest BCUT2D eigenvalue weighted by atomic mass is 35.5. The number of carbonyl (C=O) groups is 1. The molecule has 0 aliphatic carbocycles. The van der Waals surface area contributed by atoms with Crippen molar-refractivity contribution in [1.82, 2.24) is 0 Å². The molecule has 0 atom stereocenters. The van der Waals surface area contributed by atoms with E-state index >= 15 is 0 Å². The standard InChI is InChI=1S/C9H17ClO2/c1-8(2,3)9(4,5)7(11)12-6-10/h6H2,1-5H3. The second kappa shape index (κ2) is 3.65. The monoisotopic (exact) mass is 192 g/mol. The number of alkyl halides is 1. The second-order valence-corrected chi connectivity index (χ2v) is 4.63. The van der Waals surface area contributed by atoms with Gasteiger partial charge in [-0.15, -0.1) is 0 Å². The third-order valence-electron chi connectivity index (χ3n) is 2.57. The summed E-state index contributed by atoms with van der Waals surface area (Å²) in [5.41, 5.74) is -0.613. The van der Waals surface area contributed by atoms with Gasteiger partial charge in [-0.3, -0.25) is 4.79 Å². The molecule has 2 nitrogen and oxygen atoms in total. The Bertz CT molecular complexity index is 168. The Morgan fingerprint density at radius 1 is 1.25 bits per heavy atom. The maximum atomic E-state index is 11.4. The summed E-state index contributed by atoms with van der Waals surface area (Å²) in [6.45, 7) is 9.73. The average Bonchev–Trinajstić information content (AvgIpc) is 1.85. The van der Waals surface area contributed by atoms with Crippen LogP contribution in [0.3, 0.4) is 0 Å². The Kier molecular flexibility index (Phi) is 3.58. The fourth-order valence-corrected chi connectivity index (χ4v) is 0.635. The highest BCUT2D eigenvalue weighted by molar-refractivity contribution is 6.17. The summed E-state index contributed by atoms with van der Waals surface area (Å²) in [4.78, 5) is 11.4. The maximum Gasteiger partial charge on any atom is 0.313 e. The van der Waals surface area contributed by atoms with E-state index in [-0.39, 0.29) is 17.5 Å². The predicted octanol–water partition coefficient (Wildman–Crippen LogP) is 2.80. The van der Waals surface area contributed by atoms with Gasteiger partial charge in [-0.2, -0.15) is 0 Å². The summed E-state index contributed by atoms with van der Waals surface area (Å²) in [5, 5.41) is 0. The minimum absolute atomic E-state index is 0.0711. The molecule has 0 saturated carbocycles. The smallest absolute Gasteiger partial charge is 0.313 e. The Labute approximate surface area is 79.2 Å². The molecule has 0 N–H and O–H groups in total. The number of carbonyl (C=O) groups excluding carboxylic acids is 1. The fourth-order valence-electron chi connectivity index (χ4n) is 0.536. The molecular formula is C9H17ClO2. The van der Waals surface area contributed by atoms with Crippen molar-refractivity contribution in [1.29, 1.82) is 0 Å². The summed E-state index contributed by atoms with van der Waals surface area (Å²) in [6.07, 6.45) is 0. The number of hydrogen-bond donors (Lipinski definition) is 0. The van der Waals surface area contributed by atoms with Crippen LogP contribution in [0.5, 0.6) is 0 Å². The van der Waals surface area contributed by atoms with E-state index in [9.17, 15) is 4.79 Å². The zero-order valence-corrected chi connectivity index (χ0v) is 9.16. The van der Waals surface area contributed by atoms with E-state index in [1.165, 1.54) is 0 Å². The summed E-state index contributed by atoms with van der Waals surface area (Å²) >= 11 is 5.31. The summed E-state index contributed by atoms with van der Waals surface area (Å²) in [6, 6.07) is -0.0711. The van der Waals surface area contributed by atoms with Gasteiger partial charge in [0.2, 0.25) is 0 Å². The first kappa shape index (κ1) is 11.8. The number of ether oxygens (including phenoxy) is 1. The van der Waals surface area contributed by atoms with Crippen molar-refractivity contribution in [3.05, 3.63) is 0 Å². The van der Waals surface area contributed by atoms with Crippen molar-refractivity contribution in [2.75, 3.05) is 6.07 Å². The van der Waals surface area contributed by atoms with E-state index < -0.39 is 5.41 Å². The molecule has 0 aliphatic rings. The van der Waals surface area contributed by atoms with Crippen LogP contribution in [-0.4, -0.2) is 12.0 Å². The molecule has 0 rings (SSSR count). The molecule has 0 aromatic carbocycles. The van der Waals surface area contributed by atoms with Crippen LogP contribution >= 0.6 is 11.6 Å². The number of halogens is 1. The lowest BCUT2D eigenvalue weighted by atomic mass is 9.69. The summed E-state index contributed by atoms with van der Waals surface area (Å²) in [7, 11) is 0. The summed E-state index contributed by atoms with van der Waals surface area (Å²) in [5.74, 6) is -0.245. The lowest BCUT2D eigenvalue weighted by Crippen LogP contribution is -2.38. The van der Waals surface area contributed by atoms with Gasteiger partial charge in [0.15, 0.2) is 6.07 Å². The van der Waals surface area contributed by atoms with E-state index in [1.807, 2.05) is 34.6 Å². The highest BCUT2D eigenvalue weighted by Crippen LogP contribution is 2.38. The van der Waals surface area contributed by atoms with Gasteiger partial charge >= 0.3 is 5.97 Å². The van der Waals surface area contributed by atoms with Crippen molar-refractivity contribution >= 4 is 17.6 Å². The highest BCUT2D eigenvalue weighted by Gasteiger charge is 2.40. The number of rotatable bonds is 2. The van der Waals surface area contributed by atoms with Crippen LogP contribution < -0.4 is 0 Å². The summed E-state index contributed by atoms with van der Waals surface area (Å²) < 4.78 is 4.76. The Balaban J connectivity index is 4.50. The molecule has 12 heavy (non-hydrogen) atoms. The van der Waals surface area contributed by atoms with Crippen molar-refractivity contribution in [2.45, 2.75) is 34.6 Å². The van der Waals surface area contributed by atoms with Gasteiger partial charge in [-0.25, -0.2) is 0 Å². The topological polar surface area (TPSA) is 26.3 Å². The van der Waals surface area contributed by atoms with E-state index in [0.717, 1.165) is 0 Å². The van der Waals surface area contributed by atoms with Crippen molar-refractivity contribution in [3.63, 3.8) is 0 Å². The second-order valence-electron chi connectivity index (χ2n) is 4.42. The Hall–Kier alpha value is -0.240. The molecule has 72 valence electrons. The van der Waals surface area contributed by atoms with Crippen LogP contribution in [0.4, 0.5) is 0 Å². The molecular weight excluding hydrogens is 176 g/mol. The van der Waals surface area contributed by atoms with E-state index in [4.69, 9.17) is 16.3 Å². The van der Waals surface area contributed by atoms with Gasteiger partial charge in [0, 0.05) is 0 Å². The van der Waals surface area contributed by atoms with Gasteiger partial charge in [0.1, 0.15) is 0 Å². The molecule has 0 amide bonds. The van der Waals surface area contributed by atoms with Gasteiger partial charge in [0.05, 0.1) is 5.41 Å². The molecule has 0 bridgehead atoms.